The first-order valence-corrected chi connectivity index (χ1v) is 6.71. The molecule has 0 atom stereocenters. The Morgan fingerprint density at radius 3 is 2.58 bits per heavy atom. The van der Waals surface area contributed by atoms with Crippen LogP contribution < -0.4 is 5.32 Å². The van der Waals surface area contributed by atoms with E-state index >= 15 is 0 Å². The van der Waals surface area contributed by atoms with Gasteiger partial charge in [0.2, 0.25) is 5.91 Å². The topological polar surface area (TPSA) is 29.1 Å². The van der Waals surface area contributed by atoms with Crippen LogP contribution in [0.3, 0.4) is 0 Å². The summed E-state index contributed by atoms with van der Waals surface area (Å²) in [5.41, 5.74) is 3.96. The second-order valence-corrected chi connectivity index (χ2v) is 4.82. The zero-order valence-electron chi connectivity index (χ0n) is 10.8. The van der Waals surface area contributed by atoms with Gasteiger partial charge in [-0.1, -0.05) is 42.0 Å². The molecular formula is C16H16ClNO. The lowest BCUT2D eigenvalue weighted by Crippen LogP contribution is -2.14. The molecule has 0 unspecified atom stereocenters. The van der Waals surface area contributed by atoms with Crippen molar-refractivity contribution in [3.8, 4) is 0 Å². The molecule has 0 bridgehead atoms. The van der Waals surface area contributed by atoms with Gasteiger partial charge >= 0.3 is 0 Å². The number of anilines is 1. The Morgan fingerprint density at radius 1 is 1.11 bits per heavy atom. The van der Waals surface area contributed by atoms with Gasteiger partial charge in [-0.25, -0.2) is 0 Å². The summed E-state index contributed by atoms with van der Waals surface area (Å²) in [6.07, 6.45) is 0.382. The van der Waals surface area contributed by atoms with E-state index in [4.69, 9.17) is 11.6 Å². The fraction of sp³-hybridized carbons (Fsp3) is 0.188. The predicted octanol–water partition coefficient (Wildman–Crippen LogP) is 3.92. The summed E-state index contributed by atoms with van der Waals surface area (Å²) in [4.78, 5) is 11.9. The Balaban J connectivity index is 2.01. The van der Waals surface area contributed by atoms with Crippen molar-refractivity contribution in [1.29, 1.82) is 0 Å². The molecule has 0 spiro atoms. The number of alkyl halides is 1. The van der Waals surface area contributed by atoms with Crippen molar-refractivity contribution in [1.82, 2.24) is 0 Å². The molecule has 0 aliphatic carbocycles. The van der Waals surface area contributed by atoms with Crippen molar-refractivity contribution in [3.05, 3.63) is 65.2 Å². The number of rotatable bonds is 4. The fourth-order valence-electron chi connectivity index (χ4n) is 1.94. The largest absolute Gasteiger partial charge is 0.326 e. The minimum Gasteiger partial charge on any atom is -0.326 e. The maximum atomic E-state index is 11.9. The van der Waals surface area contributed by atoms with Crippen molar-refractivity contribution < 1.29 is 4.79 Å². The Hall–Kier alpha value is -1.80. The molecule has 2 rings (SSSR count). The number of benzene rings is 2. The van der Waals surface area contributed by atoms with Crippen molar-refractivity contribution in [2.45, 2.75) is 19.2 Å². The van der Waals surface area contributed by atoms with E-state index in [1.807, 2.05) is 55.5 Å². The zero-order chi connectivity index (χ0) is 13.7. The van der Waals surface area contributed by atoms with Gasteiger partial charge in [0, 0.05) is 11.6 Å². The van der Waals surface area contributed by atoms with E-state index in [9.17, 15) is 4.79 Å². The van der Waals surface area contributed by atoms with Gasteiger partial charge in [-0.05, 0) is 30.2 Å². The van der Waals surface area contributed by atoms with E-state index in [-0.39, 0.29) is 5.91 Å². The maximum absolute atomic E-state index is 11.9. The smallest absolute Gasteiger partial charge is 0.228 e. The summed E-state index contributed by atoms with van der Waals surface area (Å²) in [5, 5.41) is 2.89. The first kappa shape index (κ1) is 13.6. The van der Waals surface area contributed by atoms with Crippen LogP contribution >= 0.6 is 11.6 Å². The van der Waals surface area contributed by atoms with Gasteiger partial charge in [0.25, 0.3) is 0 Å². The molecule has 0 saturated carbocycles. The first-order chi connectivity index (χ1) is 9.17. The average molecular weight is 274 g/mol. The van der Waals surface area contributed by atoms with Crippen LogP contribution in [-0.4, -0.2) is 5.91 Å². The second kappa shape index (κ2) is 6.39. The molecule has 2 aromatic rings. The lowest BCUT2D eigenvalue weighted by atomic mass is 10.1. The quantitative estimate of drug-likeness (QED) is 0.841. The molecule has 0 saturated heterocycles. The molecule has 3 heteroatoms. The van der Waals surface area contributed by atoms with Crippen LogP contribution in [0.25, 0.3) is 0 Å². The molecule has 98 valence electrons. The molecule has 0 heterocycles. The Kier molecular flexibility index (Phi) is 4.58. The Labute approximate surface area is 118 Å². The highest BCUT2D eigenvalue weighted by Gasteiger charge is 2.04. The summed E-state index contributed by atoms with van der Waals surface area (Å²) in [6, 6.07) is 15.5. The number of halogens is 1. The van der Waals surface area contributed by atoms with Crippen LogP contribution in [0.1, 0.15) is 16.7 Å². The molecule has 0 aliphatic rings. The van der Waals surface area contributed by atoms with Gasteiger partial charge in [-0.3, -0.25) is 4.79 Å². The third-order valence-corrected chi connectivity index (χ3v) is 3.12. The molecule has 19 heavy (non-hydrogen) atoms. The molecule has 1 amide bonds. The first-order valence-electron chi connectivity index (χ1n) is 6.17. The van der Waals surface area contributed by atoms with E-state index in [0.717, 1.165) is 22.4 Å². The lowest BCUT2D eigenvalue weighted by Gasteiger charge is -2.07. The molecule has 0 fully saturated rings. The number of carbonyl (C=O) groups is 1. The van der Waals surface area contributed by atoms with E-state index < -0.39 is 0 Å². The monoisotopic (exact) mass is 273 g/mol. The van der Waals surface area contributed by atoms with Gasteiger partial charge in [-0.2, -0.15) is 0 Å². The van der Waals surface area contributed by atoms with Gasteiger partial charge < -0.3 is 5.32 Å². The molecule has 0 aliphatic heterocycles. The van der Waals surface area contributed by atoms with Gasteiger partial charge in [-0.15, -0.1) is 11.6 Å². The van der Waals surface area contributed by atoms with E-state index in [1.54, 1.807) is 0 Å². The molecular weight excluding hydrogens is 258 g/mol. The van der Waals surface area contributed by atoms with E-state index in [2.05, 4.69) is 5.32 Å². The lowest BCUT2D eigenvalue weighted by molar-refractivity contribution is -0.115. The van der Waals surface area contributed by atoms with Crippen LogP contribution in [0.2, 0.25) is 0 Å². The third kappa shape index (κ3) is 4.11. The molecule has 1 N–H and O–H groups in total. The molecule has 0 radical (unpaired) electrons. The van der Waals surface area contributed by atoms with Crippen molar-refractivity contribution >= 4 is 23.2 Å². The zero-order valence-corrected chi connectivity index (χ0v) is 11.6. The van der Waals surface area contributed by atoms with Gasteiger partial charge in [0.1, 0.15) is 0 Å². The fourth-order valence-corrected chi connectivity index (χ4v) is 2.11. The number of aryl methyl sites for hydroxylation is 1. The highest BCUT2D eigenvalue weighted by molar-refractivity contribution is 6.17. The van der Waals surface area contributed by atoms with Crippen molar-refractivity contribution in [3.63, 3.8) is 0 Å². The van der Waals surface area contributed by atoms with E-state index in [0.29, 0.717) is 12.3 Å². The summed E-state index contributed by atoms with van der Waals surface area (Å²) in [5.74, 6) is 0.430. The molecule has 0 aromatic heterocycles. The number of nitrogens with one attached hydrogen (secondary N) is 1. The van der Waals surface area contributed by atoms with Crippen molar-refractivity contribution in [2.75, 3.05) is 5.32 Å². The second-order valence-electron chi connectivity index (χ2n) is 4.55. The number of amides is 1. The normalized spacial score (nSPS) is 10.2. The summed E-state index contributed by atoms with van der Waals surface area (Å²) >= 11 is 5.77. The average Bonchev–Trinajstić information content (AvgIpc) is 2.38. The van der Waals surface area contributed by atoms with Crippen LogP contribution in [0, 0.1) is 6.92 Å². The molecule has 2 nitrogen and oxygen atoms in total. The minimum atomic E-state index is -0.0164. The standard InChI is InChI=1S/C16H16ClNO/c1-12-4-2-5-13(8-12)10-16(19)18-15-7-3-6-14(9-15)11-17/h2-9H,10-11H2,1H3,(H,18,19). The van der Waals surface area contributed by atoms with Crippen molar-refractivity contribution in [2.24, 2.45) is 0 Å². The van der Waals surface area contributed by atoms with Crippen LogP contribution in [0.5, 0.6) is 0 Å². The number of hydrogen-bond acceptors (Lipinski definition) is 1. The van der Waals surface area contributed by atoms with Gasteiger partial charge in [0.05, 0.1) is 6.42 Å². The predicted molar refractivity (Wildman–Crippen MR) is 79.5 cm³/mol. The van der Waals surface area contributed by atoms with Crippen LogP contribution in [0.15, 0.2) is 48.5 Å². The summed E-state index contributed by atoms with van der Waals surface area (Å²) < 4.78 is 0. The Bertz CT molecular complexity index is 580. The third-order valence-electron chi connectivity index (χ3n) is 2.81. The molecule has 2 aromatic carbocycles. The SMILES string of the molecule is Cc1cccc(CC(=O)Nc2cccc(CCl)c2)c1. The highest BCUT2D eigenvalue weighted by Crippen LogP contribution is 2.13. The van der Waals surface area contributed by atoms with Crippen LogP contribution in [0.4, 0.5) is 5.69 Å². The van der Waals surface area contributed by atoms with E-state index in [1.165, 1.54) is 0 Å². The minimum absolute atomic E-state index is 0.0164. The highest BCUT2D eigenvalue weighted by atomic mass is 35.5. The van der Waals surface area contributed by atoms with Gasteiger partial charge in [0.15, 0.2) is 0 Å². The number of carbonyl (C=O) groups excluding carboxylic acids is 1. The van der Waals surface area contributed by atoms with Crippen LogP contribution in [-0.2, 0) is 17.1 Å². The summed E-state index contributed by atoms with van der Waals surface area (Å²) in [7, 11) is 0. The maximum Gasteiger partial charge on any atom is 0.228 e. The Morgan fingerprint density at radius 2 is 1.84 bits per heavy atom. The number of hydrogen-bond donors (Lipinski definition) is 1. The summed E-state index contributed by atoms with van der Waals surface area (Å²) in [6.45, 7) is 2.02.